The highest BCUT2D eigenvalue weighted by molar-refractivity contribution is 7.80. The third-order valence-corrected chi connectivity index (χ3v) is 4.95. The Morgan fingerprint density at radius 2 is 2.14 bits per heavy atom. The van der Waals surface area contributed by atoms with E-state index in [0.29, 0.717) is 5.11 Å². The summed E-state index contributed by atoms with van der Waals surface area (Å²) < 4.78 is 5.62. The normalized spacial score (nSPS) is 18.8. The lowest BCUT2D eigenvalue weighted by atomic mass is 10.1. The molecule has 2 aromatic rings. The second-order valence-corrected chi connectivity index (χ2v) is 6.74. The Balaban J connectivity index is 1.64. The summed E-state index contributed by atoms with van der Waals surface area (Å²) >= 11 is 7.20. The largest absolute Gasteiger partial charge is 0.376 e. The first-order chi connectivity index (χ1) is 10.8. The Kier molecular flexibility index (Phi) is 5.43. The van der Waals surface area contributed by atoms with Crippen molar-refractivity contribution in [3.63, 3.8) is 0 Å². The van der Waals surface area contributed by atoms with E-state index in [2.05, 4.69) is 52.4 Å². The minimum atomic E-state index is 0.0886. The van der Waals surface area contributed by atoms with Gasteiger partial charge in [-0.3, -0.25) is 0 Å². The van der Waals surface area contributed by atoms with Crippen molar-refractivity contribution >= 4 is 28.7 Å². The fraction of sp³-hybridized carbons (Fsp3) is 0.353. The van der Waals surface area contributed by atoms with Crippen LogP contribution >= 0.6 is 23.6 Å². The molecule has 22 heavy (non-hydrogen) atoms. The second-order valence-electron chi connectivity index (χ2n) is 5.35. The summed E-state index contributed by atoms with van der Waals surface area (Å²) in [6.07, 6.45) is 2.55. The number of thiophene rings is 1. The molecule has 0 spiro atoms. The standard InChI is InChI=1S/C17H20N2OS2/c21-17(18-12-14-8-4-10-20-14)19-16(15-9-5-11-22-15)13-6-2-1-3-7-13/h1-3,5-7,9,11,14,16H,4,8,10,12H2,(H2,18,19,21)/t14-,16-/m0/s1. The van der Waals surface area contributed by atoms with E-state index in [0.717, 1.165) is 26.0 Å². The number of ether oxygens (including phenoxy) is 1. The Hall–Kier alpha value is -1.43. The quantitative estimate of drug-likeness (QED) is 0.821. The van der Waals surface area contributed by atoms with Crippen LogP contribution in [0.25, 0.3) is 0 Å². The van der Waals surface area contributed by atoms with Crippen LogP contribution in [0.3, 0.4) is 0 Å². The smallest absolute Gasteiger partial charge is 0.167 e. The van der Waals surface area contributed by atoms with Gasteiger partial charge < -0.3 is 15.4 Å². The predicted octanol–water partition coefficient (Wildman–Crippen LogP) is 3.48. The molecular weight excluding hydrogens is 312 g/mol. The highest BCUT2D eigenvalue weighted by atomic mass is 32.1. The Bertz CT molecular complexity index is 580. The van der Waals surface area contributed by atoms with Crippen molar-refractivity contribution in [2.45, 2.75) is 25.0 Å². The van der Waals surface area contributed by atoms with E-state index < -0.39 is 0 Å². The zero-order valence-corrected chi connectivity index (χ0v) is 14.0. The summed E-state index contributed by atoms with van der Waals surface area (Å²) in [4.78, 5) is 1.26. The van der Waals surface area contributed by atoms with Crippen LogP contribution in [0.1, 0.15) is 29.3 Å². The SMILES string of the molecule is S=C(NC[C@@H]1CCCO1)N[C@@H](c1ccccc1)c1cccs1. The number of hydrogen-bond donors (Lipinski definition) is 2. The highest BCUT2D eigenvalue weighted by Crippen LogP contribution is 2.25. The Labute approximate surface area is 140 Å². The third kappa shape index (κ3) is 4.06. The first-order valence-electron chi connectivity index (χ1n) is 7.57. The maximum Gasteiger partial charge on any atom is 0.167 e. The van der Waals surface area contributed by atoms with Crippen LogP contribution < -0.4 is 10.6 Å². The second kappa shape index (κ2) is 7.72. The molecule has 1 aromatic carbocycles. The third-order valence-electron chi connectivity index (χ3n) is 3.75. The van der Waals surface area contributed by atoms with Gasteiger partial charge in [-0.25, -0.2) is 0 Å². The fourth-order valence-electron chi connectivity index (χ4n) is 2.61. The van der Waals surface area contributed by atoms with E-state index in [1.165, 1.54) is 10.4 Å². The van der Waals surface area contributed by atoms with E-state index in [1.807, 2.05) is 6.07 Å². The Morgan fingerprint density at radius 3 is 2.82 bits per heavy atom. The number of thiocarbonyl (C=S) groups is 1. The monoisotopic (exact) mass is 332 g/mol. The molecule has 2 heterocycles. The molecule has 116 valence electrons. The van der Waals surface area contributed by atoms with Gasteiger partial charge in [0.2, 0.25) is 0 Å². The van der Waals surface area contributed by atoms with Crippen LogP contribution in [0, 0.1) is 0 Å². The van der Waals surface area contributed by atoms with Crippen molar-refractivity contribution in [2.75, 3.05) is 13.2 Å². The Morgan fingerprint density at radius 1 is 1.27 bits per heavy atom. The van der Waals surface area contributed by atoms with Gasteiger partial charge >= 0.3 is 0 Å². The van der Waals surface area contributed by atoms with E-state index in [9.17, 15) is 0 Å². The molecule has 1 aliphatic rings. The minimum Gasteiger partial charge on any atom is -0.376 e. The maximum absolute atomic E-state index is 5.62. The molecule has 0 radical (unpaired) electrons. The van der Waals surface area contributed by atoms with Crippen molar-refractivity contribution in [3.05, 3.63) is 58.3 Å². The van der Waals surface area contributed by atoms with Gasteiger partial charge in [0.25, 0.3) is 0 Å². The molecule has 3 rings (SSSR count). The van der Waals surface area contributed by atoms with Crippen molar-refractivity contribution in [1.29, 1.82) is 0 Å². The number of benzene rings is 1. The molecule has 1 aromatic heterocycles. The van der Waals surface area contributed by atoms with Crippen LogP contribution in [0.5, 0.6) is 0 Å². The molecule has 0 aliphatic carbocycles. The van der Waals surface area contributed by atoms with Gasteiger partial charge in [-0.1, -0.05) is 36.4 Å². The summed E-state index contributed by atoms with van der Waals surface area (Å²) in [6, 6.07) is 14.7. The molecule has 3 nitrogen and oxygen atoms in total. The van der Waals surface area contributed by atoms with Crippen molar-refractivity contribution in [2.24, 2.45) is 0 Å². The van der Waals surface area contributed by atoms with Crippen LogP contribution in [-0.2, 0) is 4.74 Å². The van der Waals surface area contributed by atoms with Crippen LogP contribution in [-0.4, -0.2) is 24.4 Å². The lowest BCUT2D eigenvalue weighted by molar-refractivity contribution is 0.114. The van der Waals surface area contributed by atoms with Crippen molar-refractivity contribution in [3.8, 4) is 0 Å². The average Bonchev–Trinajstić information content (AvgIpc) is 3.25. The molecule has 1 fully saturated rings. The molecule has 0 amide bonds. The molecule has 2 atom stereocenters. The van der Waals surface area contributed by atoms with Crippen LogP contribution in [0.2, 0.25) is 0 Å². The van der Waals surface area contributed by atoms with E-state index in [-0.39, 0.29) is 12.1 Å². The van der Waals surface area contributed by atoms with Gasteiger partial charge in [-0.2, -0.15) is 0 Å². The number of nitrogens with one attached hydrogen (secondary N) is 2. The molecule has 0 bridgehead atoms. The predicted molar refractivity (Wildman–Crippen MR) is 95.3 cm³/mol. The molecule has 2 N–H and O–H groups in total. The van der Waals surface area contributed by atoms with Gasteiger partial charge in [-0.15, -0.1) is 11.3 Å². The number of hydrogen-bond acceptors (Lipinski definition) is 3. The first-order valence-corrected chi connectivity index (χ1v) is 8.86. The van der Waals surface area contributed by atoms with Crippen molar-refractivity contribution < 1.29 is 4.74 Å². The van der Waals surface area contributed by atoms with E-state index in [4.69, 9.17) is 17.0 Å². The van der Waals surface area contributed by atoms with E-state index in [1.54, 1.807) is 11.3 Å². The number of rotatable bonds is 5. The molecular formula is C17H20N2OS2. The van der Waals surface area contributed by atoms with Crippen LogP contribution in [0.4, 0.5) is 0 Å². The molecule has 1 aliphatic heterocycles. The summed E-state index contributed by atoms with van der Waals surface area (Å²) in [5, 5.41) is 9.49. The summed E-state index contributed by atoms with van der Waals surface area (Å²) in [6.45, 7) is 1.64. The van der Waals surface area contributed by atoms with Gasteiger partial charge in [0.05, 0.1) is 12.1 Å². The lowest BCUT2D eigenvalue weighted by Crippen LogP contribution is -2.41. The summed E-state index contributed by atoms with van der Waals surface area (Å²) in [5.41, 5.74) is 1.21. The zero-order chi connectivity index (χ0) is 15.2. The maximum atomic E-state index is 5.62. The molecule has 5 heteroatoms. The topological polar surface area (TPSA) is 33.3 Å². The fourth-order valence-corrected chi connectivity index (χ4v) is 3.62. The molecule has 1 saturated heterocycles. The first kappa shape index (κ1) is 15.5. The lowest BCUT2D eigenvalue weighted by Gasteiger charge is -2.21. The molecule has 0 saturated carbocycles. The summed E-state index contributed by atoms with van der Waals surface area (Å²) in [7, 11) is 0. The highest BCUT2D eigenvalue weighted by Gasteiger charge is 2.18. The molecule has 0 unspecified atom stereocenters. The van der Waals surface area contributed by atoms with Gasteiger partial charge in [0.1, 0.15) is 0 Å². The van der Waals surface area contributed by atoms with Crippen molar-refractivity contribution in [1.82, 2.24) is 10.6 Å². The summed E-state index contributed by atoms with van der Waals surface area (Å²) in [5.74, 6) is 0. The van der Waals surface area contributed by atoms with E-state index >= 15 is 0 Å². The zero-order valence-electron chi connectivity index (χ0n) is 12.3. The average molecular weight is 332 g/mol. The minimum absolute atomic E-state index is 0.0886. The van der Waals surface area contributed by atoms with Crippen LogP contribution in [0.15, 0.2) is 47.8 Å². The van der Waals surface area contributed by atoms with Gasteiger partial charge in [0, 0.05) is 18.0 Å². The van der Waals surface area contributed by atoms with Gasteiger partial charge in [-0.05, 0) is 42.1 Å². The van der Waals surface area contributed by atoms with Gasteiger partial charge in [0.15, 0.2) is 5.11 Å².